The second-order valence-electron chi connectivity index (χ2n) is 4.94. The lowest BCUT2D eigenvalue weighted by Crippen LogP contribution is -2.00. The van der Waals surface area contributed by atoms with Gasteiger partial charge in [0, 0.05) is 6.07 Å². The minimum atomic E-state index is -0.524. The molecule has 0 fully saturated rings. The van der Waals surface area contributed by atoms with E-state index < -0.39 is 5.82 Å². The third-order valence-electron chi connectivity index (χ3n) is 3.39. The van der Waals surface area contributed by atoms with Crippen molar-refractivity contribution in [2.24, 2.45) is 0 Å². The highest BCUT2D eigenvalue weighted by Crippen LogP contribution is 2.37. The molecule has 118 valence electrons. The van der Waals surface area contributed by atoms with Gasteiger partial charge >= 0.3 is 0 Å². The lowest BCUT2D eigenvalue weighted by molar-refractivity contribution is 0.289. The van der Waals surface area contributed by atoms with Crippen LogP contribution in [0.5, 0.6) is 11.5 Å². The number of H-pyrrole nitrogens is 1. The summed E-state index contributed by atoms with van der Waals surface area (Å²) in [6, 6.07) is 14.3. The normalized spacial score (nSPS) is 10.5. The van der Waals surface area contributed by atoms with E-state index in [0.29, 0.717) is 11.4 Å². The molecule has 0 radical (unpaired) electrons. The van der Waals surface area contributed by atoms with Crippen molar-refractivity contribution in [3.05, 3.63) is 59.9 Å². The van der Waals surface area contributed by atoms with E-state index in [2.05, 4.69) is 10.2 Å². The van der Waals surface area contributed by atoms with E-state index in [4.69, 9.17) is 15.2 Å². The summed E-state index contributed by atoms with van der Waals surface area (Å²) in [5.74, 6) is 0.261. The van der Waals surface area contributed by atoms with Gasteiger partial charge in [-0.25, -0.2) is 4.39 Å². The standard InChI is InChI=1S/C17H16FN3O2/c1-22-13-7-8-14(23-10-11-5-3-2-4-6-11)17(18)16(13)12-9-15(19)21-20-12/h2-9H,10H2,1H3,(H3,19,20,21). The number of hydrogen-bond donors (Lipinski definition) is 2. The molecular weight excluding hydrogens is 297 g/mol. The number of nitrogens with one attached hydrogen (secondary N) is 1. The van der Waals surface area contributed by atoms with E-state index in [1.165, 1.54) is 7.11 Å². The van der Waals surface area contributed by atoms with Crippen LogP contribution in [0.1, 0.15) is 5.56 Å². The summed E-state index contributed by atoms with van der Waals surface area (Å²) < 4.78 is 25.6. The molecule has 0 aliphatic rings. The number of nitrogen functional groups attached to an aromatic ring is 1. The average molecular weight is 313 g/mol. The molecule has 6 heteroatoms. The Labute approximate surface area is 132 Å². The fraction of sp³-hybridized carbons (Fsp3) is 0.118. The second-order valence-corrected chi connectivity index (χ2v) is 4.94. The number of anilines is 1. The van der Waals surface area contributed by atoms with Gasteiger partial charge < -0.3 is 15.2 Å². The Hall–Kier alpha value is -3.02. The van der Waals surface area contributed by atoms with E-state index in [9.17, 15) is 4.39 Å². The van der Waals surface area contributed by atoms with Crippen LogP contribution < -0.4 is 15.2 Å². The van der Waals surface area contributed by atoms with Crippen LogP contribution in [0.25, 0.3) is 11.3 Å². The molecule has 23 heavy (non-hydrogen) atoms. The zero-order chi connectivity index (χ0) is 16.2. The molecule has 0 aliphatic carbocycles. The number of aromatic nitrogens is 2. The van der Waals surface area contributed by atoms with Crippen LogP contribution >= 0.6 is 0 Å². The van der Waals surface area contributed by atoms with Gasteiger partial charge in [0.1, 0.15) is 18.2 Å². The number of nitrogens with two attached hydrogens (primary N) is 1. The van der Waals surface area contributed by atoms with E-state index in [1.54, 1.807) is 18.2 Å². The van der Waals surface area contributed by atoms with Gasteiger partial charge in [-0.05, 0) is 17.7 Å². The number of nitrogens with zero attached hydrogens (tertiary/aromatic N) is 1. The number of aromatic amines is 1. The first kappa shape index (κ1) is 14.9. The number of hydrogen-bond acceptors (Lipinski definition) is 4. The molecule has 3 rings (SSSR count). The first-order chi connectivity index (χ1) is 11.2. The Morgan fingerprint density at radius 1 is 1.13 bits per heavy atom. The van der Waals surface area contributed by atoms with Crippen LogP contribution in [0.3, 0.4) is 0 Å². The molecular formula is C17H16FN3O2. The Bertz CT molecular complexity index is 803. The van der Waals surface area contributed by atoms with Gasteiger partial charge in [0.25, 0.3) is 0 Å². The van der Waals surface area contributed by atoms with E-state index in [1.807, 2.05) is 30.3 Å². The maximum absolute atomic E-state index is 14.8. The van der Waals surface area contributed by atoms with E-state index in [-0.39, 0.29) is 23.7 Å². The molecule has 3 N–H and O–H groups in total. The van der Waals surface area contributed by atoms with Crippen molar-refractivity contribution >= 4 is 5.82 Å². The minimum absolute atomic E-state index is 0.137. The third-order valence-corrected chi connectivity index (χ3v) is 3.39. The molecule has 0 unspecified atom stereocenters. The average Bonchev–Trinajstić information content (AvgIpc) is 3.00. The van der Waals surface area contributed by atoms with Crippen molar-refractivity contribution in [3.63, 3.8) is 0 Å². The van der Waals surface area contributed by atoms with Crippen LogP contribution in [0.15, 0.2) is 48.5 Å². The highest BCUT2D eigenvalue weighted by Gasteiger charge is 2.19. The number of methoxy groups -OCH3 is 1. The summed E-state index contributed by atoms with van der Waals surface area (Å²) in [6.07, 6.45) is 0. The van der Waals surface area contributed by atoms with Crippen molar-refractivity contribution in [1.29, 1.82) is 0 Å². The quantitative estimate of drug-likeness (QED) is 0.757. The van der Waals surface area contributed by atoms with Crippen molar-refractivity contribution in [3.8, 4) is 22.8 Å². The highest BCUT2D eigenvalue weighted by atomic mass is 19.1. The van der Waals surface area contributed by atoms with Crippen molar-refractivity contribution < 1.29 is 13.9 Å². The SMILES string of the molecule is COc1ccc(OCc2ccccc2)c(F)c1-c1cc(N)n[nH]1. The van der Waals surface area contributed by atoms with Crippen LogP contribution in [-0.2, 0) is 6.61 Å². The van der Waals surface area contributed by atoms with Crippen LogP contribution in [-0.4, -0.2) is 17.3 Å². The Morgan fingerprint density at radius 2 is 1.87 bits per heavy atom. The van der Waals surface area contributed by atoms with Crippen LogP contribution in [0, 0.1) is 5.82 Å². The van der Waals surface area contributed by atoms with Gasteiger partial charge in [0.2, 0.25) is 0 Å². The molecule has 2 aromatic carbocycles. The van der Waals surface area contributed by atoms with Crippen LogP contribution in [0.4, 0.5) is 10.2 Å². The van der Waals surface area contributed by atoms with Crippen molar-refractivity contribution in [2.45, 2.75) is 6.61 Å². The third kappa shape index (κ3) is 3.11. The Morgan fingerprint density at radius 3 is 2.52 bits per heavy atom. The maximum atomic E-state index is 14.8. The predicted octanol–water partition coefficient (Wildman–Crippen LogP) is 3.39. The zero-order valence-electron chi connectivity index (χ0n) is 12.5. The summed E-state index contributed by atoms with van der Waals surface area (Å²) in [5, 5.41) is 6.51. The van der Waals surface area contributed by atoms with Gasteiger partial charge in [0.05, 0.1) is 18.4 Å². The first-order valence-corrected chi connectivity index (χ1v) is 7.03. The molecule has 1 heterocycles. The second kappa shape index (κ2) is 6.39. The summed E-state index contributed by atoms with van der Waals surface area (Å²) in [7, 11) is 1.47. The number of benzene rings is 2. The molecule has 0 spiro atoms. The van der Waals surface area contributed by atoms with Gasteiger partial charge in [0.15, 0.2) is 11.6 Å². The number of rotatable bonds is 5. The Kier molecular flexibility index (Phi) is 4.14. The Balaban J connectivity index is 1.93. The molecule has 5 nitrogen and oxygen atoms in total. The van der Waals surface area contributed by atoms with Crippen LogP contribution in [0.2, 0.25) is 0 Å². The monoisotopic (exact) mass is 313 g/mol. The topological polar surface area (TPSA) is 73.2 Å². The lowest BCUT2D eigenvalue weighted by Gasteiger charge is -2.13. The maximum Gasteiger partial charge on any atom is 0.178 e. The van der Waals surface area contributed by atoms with Crippen molar-refractivity contribution in [2.75, 3.05) is 12.8 Å². The minimum Gasteiger partial charge on any atom is -0.496 e. The molecule has 0 atom stereocenters. The summed E-state index contributed by atoms with van der Waals surface area (Å²) in [6.45, 7) is 0.272. The number of ether oxygens (including phenoxy) is 2. The van der Waals surface area contributed by atoms with Gasteiger partial charge in [-0.2, -0.15) is 5.10 Å². The fourth-order valence-corrected chi connectivity index (χ4v) is 2.27. The van der Waals surface area contributed by atoms with Gasteiger partial charge in [-0.15, -0.1) is 0 Å². The lowest BCUT2D eigenvalue weighted by atomic mass is 10.1. The summed E-state index contributed by atoms with van der Waals surface area (Å²) in [4.78, 5) is 0. The van der Waals surface area contributed by atoms with Gasteiger partial charge in [-0.3, -0.25) is 5.10 Å². The largest absolute Gasteiger partial charge is 0.496 e. The molecule has 0 bridgehead atoms. The van der Waals surface area contributed by atoms with Crippen molar-refractivity contribution in [1.82, 2.24) is 10.2 Å². The molecule has 0 saturated heterocycles. The van der Waals surface area contributed by atoms with Gasteiger partial charge in [-0.1, -0.05) is 30.3 Å². The summed E-state index contributed by atoms with van der Waals surface area (Å²) >= 11 is 0. The van der Waals surface area contributed by atoms with E-state index in [0.717, 1.165) is 5.56 Å². The summed E-state index contributed by atoms with van der Waals surface area (Å²) in [5.41, 5.74) is 7.22. The number of halogens is 1. The molecule has 1 aromatic heterocycles. The molecule has 0 amide bonds. The predicted molar refractivity (Wildman–Crippen MR) is 85.7 cm³/mol. The van der Waals surface area contributed by atoms with E-state index >= 15 is 0 Å². The highest BCUT2D eigenvalue weighted by molar-refractivity contribution is 5.71. The molecule has 0 saturated carbocycles. The molecule has 0 aliphatic heterocycles. The smallest absolute Gasteiger partial charge is 0.178 e. The fourth-order valence-electron chi connectivity index (χ4n) is 2.27. The zero-order valence-corrected chi connectivity index (χ0v) is 12.5. The molecule has 3 aromatic rings. The first-order valence-electron chi connectivity index (χ1n) is 7.03.